The summed E-state index contributed by atoms with van der Waals surface area (Å²) in [4.78, 5) is 0. The summed E-state index contributed by atoms with van der Waals surface area (Å²) in [5.41, 5.74) is 3.09. The van der Waals surface area contributed by atoms with Gasteiger partial charge in [-0.1, -0.05) is 90.5 Å². The smallest absolute Gasteiger partial charge is 0.100 e. The number of nitrogens with zero attached hydrogens (tertiary/aromatic N) is 2. The SMILES string of the molecule is Cc1ccc(C2=CC(C#N)=P(c3ccccc3)(c3ccccc3)C(C#N)=C2)cc1. The third kappa shape index (κ3) is 3.15. The predicted octanol–water partition coefficient (Wildman–Crippen LogP) is 5.16. The molecule has 3 heteroatoms. The fourth-order valence-corrected chi connectivity index (χ4v) is 7.67. The molecule has 138 valence electrons. The second-order valence-corrected chi connectivity index (χ2v) is 10.3. The molecule has 0 bridgehead atoms. The third-order valence-electron chi connectivity index (χ3n) is 5.21. The van der Waals surface area contributed by atoms with Crippen LogP contribution in [0.4, 0.5) is 0 Å². The van der Waals surface area contributed by atoms with Crippen molar-refractivity contribution in [2.75, 3.05) is 0 Å². The number of benzene rings is 3. The Labute approximate surface area is 171 Å². The molecule has 3 aromatic rings. The number of aryl methyl sites for hydroxylation is 1. The normalized spacial score (nSPS) is 14.9. The molecule has 0 spiro atoms. The molecule has 0 amide bonds. The van der Waals surface area contributed by atoms with E-state index in [0.29, 0.717) is 10.6 Å². The van der Waals surface area contributed by atoms with Crippen LogP contribution in [0.3, 0.4) is 0 Å². The molecule has 0 N–H and O–H groups in total. The first kappa shape index (κ1) is 18.8. The van der Waals surface area contributed by atoms with Crippen molar-refractivity contribution in [2.24, 2.45) is 0 Å². The fourth-order valence-electron chi connectivity index (χ4n) is 3.80. The molecule has 2 nitrogen and oxygen atoms in total. The Kier molecular flexibility index (Phi) is 5.05. The van der Waals surface area contributed by atoms with Crippen molar-refractivity contribution in [1.82, 2.24) is 0 Å². The maximum Gasteiger partial charge on any atom is 0.100 e. The summed E-state index contributed by atoms with van der Waals surface area (Å²) < 4.78 is 0. The summed E-state index contributed by atoms with van der Waals surface area (Å²) in [6.45, 7) is -0.458. The summed E-state index contributed by atoms with van der Waals surface area (Å²) >= 11 is 0. The van der Waals surface area contributed by atoms with Gasteiger partial charge in [0.1, 0.15) is 12.1 Å². The van der Waals surface area contributed by atoms with Gasteiger partial charge in [0.05, 0.1) is 10.6 Å². The van der Waals surface area contributed by atoms with Crippen LogP contribution < -0.4 is 10.6 Å². The van der Waals surface area contributed by atoms with Gasteiger partial charge in [-0.15, -0.1) is 0 Å². The number of rotatable bonds is 3. The second kappa shape index (κ2) is 7.81. The molecule has 1 aliphatic rings. The molecule has 3 aromatic carbocycles. The van der Waals surface area contributed by atoms with E-state index in [4.69, 9.17) is 0 Å². The zero-order valence-corrected chi connectivity index (χ0v) is 17.0. The zero-order chi connectivity index (χ0) is 20.3. The molecule has 1 aliphatic heterocycles. The van der Waals surface area contributed by atoms with Gasteiger partial charge in [0.2, 0.25) is 0 Å². The van der Waals surface area contributed by atoms with Crippen molar-refractivity contribution in [3.8, 4) is 12.1 Å². The van der Waals surface area contributed by atoms with Gasteiger partial charge < -0.3 is 0 Å². The molecule has 0 fully saturated rings. The van der Waals surface area contributed by atoms with Crippen molar-refractivity contribution in [3.05, 3.63) is 114 Å². The van der Waals surface area contributed by atoms with E-state index in [1.165, 1.54) is 5.56 Å². The van der Waals surface area contributed by atoms with E-state index < -0.39 is 6.89 Å². The van der Waals surface area contributed by atoms with E-state index in [1.807, 2.05) is 104 Å². The van der Waals surface area contributed by atoms with Gasteiger partial charge in [0, 0.05) is 6.89 Å². The Morgan fingerprint density at radius 3 is 1.69 bits per heavy atom. The Bertz CT molecular complexity index is 1210. The molecule has 0 unspecified atom stereocenters. The third-order valence-corrected chi connectivity index (χ3v) is 9.26. The molecule has 0 atom stereocenters. The highest BCUT2D eigenvalue weighted by Crippen LogP contribution is 2.57. The minimum atomic E-state index is -2.50. The van der Waals surface area contributed by atoms with Crippen molar-refractivity contribution in [2.45, 2.75) is 6.92 Å². The summed E-state index contributed by atoms with van der Waals surface area (Å²) in [5.74, 6) is 0. The minimum Gasteiger partial charge on any atom is -0.192 e. The highest BCUT2D eigenvalue weighted by atomic mass is 31.2. The molecular formula is C26H19N2P. The van der Waals surface area contributed by atoms with Crippen molar-refractivity contribution >= 4 is 28.4 Å². The fraction of sp³-hybridized carbons (Fsp3) is 0.0385. The first-order chi connectivity index (χ1) is 14.2. The Balaban J connectivity index is 2.12. The van der Waals surface area contributed by atoms with Gasteiger partial charge in [0.15, 0.2) is 0 Å². The first-order valence-electron chi connectivity index (χ1n) is 9.39. The maximum absolute atomic E-state index is 10.2. The first-order valence-corrected chi connectivity index (χ1v) is 11.2. The van der Waals surface area contributed by atoms with Crippen LogP contribution in [-0.2, 0) is 0 Å². The summed E-state index contributed by atoms with van der Waals surface area (Å²) in [5, 5.41) is 23.8. The maximum atomic E-state index is 10.2. The van der Waals surface area contributed by atoms with Crippen LogP contribution in [0, 0.1) is 29.6 Å². The highest BCUT2D eigenvalue weighted by Gasteiger charge is 2.34. The number of allylic oxidation sites excluding steroid dienone is 4. The monoisotopic (exact) mass is 390 g/mol. The van der Waals surface area contributed by atoms with Crippen molar-refractivity contribution < 1.29 is 0 Å². The topological polar surface area (TPSA) is 47.6 Å². The van der Waals surface area contributed by atoms with E-state index in [-0.39, 0.29) is 0 Å². The van der Waals surface area contributed by atoms with Gasteiger partial charge in [-0.3, -0.25) is 0 Å². The summed E-state index contributed by atoms with van der Waals surface area (Å²) in [7, 11) is 0. The van der Waals surface area contributed by atoms with Gasteiger partial charge in [0.25, 0.3) is 0 Å². The van der Waals surface area contributed by atoms with E-state index in [1.54, 1.807) is 0 Å². The van der Waals surface area contributed by atoms with Crippen LogP contribution in [0.15, 0.2) is 102 Å². The second-order valence-electron chi connectivity index (χ2n) is 6.95. The van der Waals surface area contributed by atoms with Crippen LogP contribution >= 0.6 is 6.89 Å². The van der Waals surface area contributed by atoms with Crippen LogP contribution in [-0.4, -0.2) is 5.29 Å². The van der Waals surface area contributed by atoms with Crippen molar-refractivity contribution in [3.63, 3.8) is 0 Å². The standard InChI is InChI=1S/C26H19N2P/c1-20-12-14-21(15-13-20)22-16-25(18-27)29(26(17-22)19-28,23-8-4-2-5-9-23)24-10-6-3-7-11-24/h2-17H,1H3. The summed E-state index contributed by atoms with van der Waals surface area (Å²) in [6, 6.07) is 33.1. The van der Waals surface area contributed by atoms with Crippen LogP contribution in [0.2, 0.25) is 0 Å². The molecule has 0 radical (unpaired) electrons. The lowest BCUT2D eigenvalue weighted by Crippen LogP contribution is -2.24. The van der Waals surface area contributed by atoms with Gasteiger partial charge in [-0.05, 0) is 40.8 Å². The van der Waals surface area contributed by atoms with Gasteiger partial charge in [-0.2, -0.15) is 10.5 Å². The quantitative estimate of drug-likeness (QED) is 0.580. The predicted molar refractivity (Wildman–Crippen MR) is 123 cm³/mol. The molecule has 0 saturated heterocycles. The lowest BCUT2D eigenvalue weighted by molar-refractivity contribution is 1.45. The number of hydrogen-bond donors (Lipinski definition) is 0. The van der Waals surface area contributed by atoms with Crippen LogP contribution in [0.1, 0.15) is 11.1 Å². The molecule has 1 heterocycles. The number of nitriles is 2. The lowest BCUT2D eigenvalue weighted by atomic mass is 10.0. The van der Waals surface area contributed by atoms with Crippen LogP contribution in [0.25, 0.3) is 5.57 Å². The summed E-state index contributed by atoms with van der Waals surface area (Å²) in [6.07, 6.45) is 3.94. The Morgan fingerprint density at radius 1 is 0.655 bits per heavy atom. The van der Waals surface area contributed by atoms with E-state index in [2.05, 4.69) is 12.1 Å². The highest BCUT2D eigenvalue weighted by molar-refractivity contribution is 7.93. The Morgan fingerprint density at radius 2 is 1.21 bits per heavy atom. The zero-order valence-electron chi connectivity index (χ0n) is 16.1. The number of hydrogen-bond acceptors (Lipinski definition) is 2. The molecule has 29 heavy (non-hydrogen) atoms. The molecule has 0 aliphatic carbocycles. The van der Waals surface area contributed by atoms with Gasteiger partial charge >= 0.3 is 0 Å². The van der Waals surface area contributed by atoms with Crippen molar-refractivity contribution in [1.29, 1.82) is 10.5 Å². The molecule has 0 aromatic heterocycles. The molecule has 0 saturated carbocycles. The van der Waals surface area contributed by atoms with Crippen LogP contribution in [0.5, 0.6) is 0 Å². The largest absolute Gasteiger partial charge is 0.192 e. The van der Waals surface area contributed by atoms with E-state index >= 15 is 0 Å². The average molecular weight is 390 g/mol. The molecule has 4 rings (SSSR count). The van der Waals surface area contributed by atoms with E-state index in [9.17, 15) is 10.5 Å². The Hall–Kier alpha value is -3.58. The van der Waals surface area contributed by atoms with E-state index in [0.717, 1.165) is 21.7 Å². The minimum absolute atomic E-state index is 0.657. The lowest BCUT2D eigenvalue weighted by Gasteiger charge is -2.31. The average Bonchev–Trinajstić information content (AvgIpc) is 2.79. The van der Waals surface area contributed by atoms with Gasteiger partial charge in [-0.25, -0.2) is 0 Å². The molecular weight excluding hydrogens is 371 g/mol.